The molecule has 2 amide bonds. The first-order valence-corrected chi connectivity index (χ1v) is 8.76. The molecule has 1 aromatic carbocycles. The largest absolute Gasteiger partial charge is 0.327 e. The summed E-state index contributed by atoms with van der Waals surface area (Å²) in [7, 11) is 0. The van der Waals surface area contributed by atoms with Crippen LogP contribution in [0.25, 0.3) is 0 Å². The summed E-state index contributed by atoms with van der Waals surface area (Å²) in [5.74, 6) is -0.420. The SMILES string of the molecule is Cc1cnc(NC(=O)CN(C(=O)c2ccc(Br)cc2)C(C)C)s1. The minimum absolute atomic E-state index is 0.00874. The molecule has 0 aliphatic heterocycles. The molecule has 0 radical (unpaired) electrons. The quantitative estimate of drug-likeness (QED) is 0.838. The predicted molar refractivity (Wildman–Crippen MR) is 95.8 cm³/mol. The molecule has 0 saturated carbocycles. The number of nitrogens with one attached hydrogen (secondary N) is 1. The number of amides is 2. The highest BCUT2D eigenvalue weighted by atomic mass is 79.9. The molecule has 5 nitrogen and oxygen atoms in total. The zero-order chi connectivity index (χ0) is 17.0. The van der Waals surface area contributed by atoms with Gasteiger partial charge in [-0.3, -0.25) is 9.59 Å². The lowest BCUT2D eigenvalue weighted by Crippen LogP contribution is -2.42. The van der Waals surface area contributed by atoms with Crippen LogP contribution < -0.4 is 5.32 Å². The van der Waals surface area contributed by atoms with E-state index in [0.29, 0.717) is 10.7 Å². The second kappa shape index (κ2) is 7.70. The lowest BCUT2D eigenvalue weighted by atomic mass is 10.1. The molecular formula is C16H18BrN3O2S. The zero-order valence-electron chi connectivity index (χ0n) is 13.2. The number of thiazole rings is 1. The third kappa shape index (κ3) is 4.87. The van der Waals surface area contributed by atoms with E-state index in [4.69, 9.17) is 0 Å². The van der Waals surface area contributed by atoms with Crippen molar-refractivity contribution < 1.29 is 9.59 Å². The fraction of sp³-hybridized carbons (Fsp3) is 0.312. The number of rotatable bonds is 5. The molecule has 1 N–H and O–H groups in total. The minimum atomic E-state index is -0.251. The van der Waals surface area contributed by atoms with Crippen molar-refractivity contribution in [2.24, 2.45) is 0 Å². The van der Waals surface area contributed by atoms with E-state index in [2.05, 4.69) is 26.2 Å². The Hall–Kier alpha value is -1.73. The Kier molecular flexibility index (Phi) is 5.90. The van der Waals surface area contributed by atoms with Gasteiger partial charge in [0.2, 0.25) is 5.91 Å². The van der Waals surface area contributed by atoms with Crippen molar-refractivity contribution in [3.63, 3.8) is 0 Å². The molecule has 23 heavy (non-hydrogen) atoms. The number of aromatic nitrogens is 1. The van der Waals surface area contributed by atoms with Crippen LogP contribution in [-0.2, 0) is 4.79 Å². The van der Waals surface area contributed by atoms with Gasteiger partial charge < -0.3 is 10.2 Å². The van der Waals surface area contributed by atoms with Crippen molar-refractivity contribution >= 4 is 44.2 Å². The Morgan fingerprint density at radius 3 is 2.48 bits per heavy atom. The van der Waals surface area contributed by atoms with Crippen molar-refractivity contribution in [2.75, 3.05) is 11.9 Å². The molecule has 122 valence electrons. The predicted octanol–water partition coefficient (Wildman–Crippen LogP) is 3.70. The van der Waals surface area contributed by atoms with Gasteiger partial charge >= 0.3 is 0 Å². The van der Waals surface area contributed by atoms with E-state index in [0.717, 1.165) is 9.35 Å². The molecule has 7 heteroatoms. The first kappa shape index (κ1) is 17.6. The molecule has 0 aliphatic carbocycles. The number of hydrogen-bond acceptors (Lipinski definition) is 4. The average molecular weight is 396 g/mol. The summed E-state index contributed by atoms with van der Waals surface area (Å²) in [4.78, 5) is 31.4. The van der Waals surface area contributed by atoms with Gasteiger partial charge in [-0.05, 0) is 45.0 Å². The number of aryl methyl sites for hydroxylation is 1. The summed E-state index contributed by atoms with van der Waals surface area (Å²) >= 11 is 4.75. The second-order valence-corrected chi connectivity index (χ2v) is 7.51. The van der Waals surface area contributed by atoms with Crippen LogP contribution in [0.15, 0.2) is 34.9 Å². The normalized spacial score (nSPS) is 10.7. The van der Waals surface area contributed by atoms with Crippen LogP contribution in [0.3, 0.4) is 0 Å². The smallest absolute Gasteiger partial charge is 0.254 e. The molecule has 0 aliphatic rings. The van der Waals surface area contributed by atoms with Crippen molar-refractivity contribution in [3.05, 3.63) is 45.4 Å². The van der Waals surface area contributed by atoms with Crippen LogP contribution >= 0.6 is 27.3 Å². The van der Waals surface area contributed by atoms with Crippen LogP contribution in [0, 0.1) is 6.92 Å². The Bertz CT molecular complexity index is 698. The third-order valence-corrected chi connectivity index (χ3v) is 4.51. The maximum atomic E-state index is 12.6. The van der Waals surface area contributed by atoms with Crippen molar-refractivity contribution in [2.45, 2.75) is 26.8 Å². The number of anilines is 1. The van der Waals surface area contributed by atoms with Gasteiger partial charge in [0.1, 0.15) is 6.54 Å². The van der Waals surface area contributed by atoms with Crippen LogP contribution in [0.2, 0.25) is 0 Å². The summed E-state index contributed by atoms with van der Waals surface area (Å²) in [5.41, 5.74) is 0.555. The second-order valence-electron chi connectivity index (χ2n) is 5.36. The monoisotopic (exact) mass is 395 g/mol. The summed E-state index contributed by atoms with van der Waals surface area (Å²) in [6.45, 7) is 5.69. The number of carbonyl (C=O) groups is 2. The van der Waals surface area contributed by atoms with Gasteiger partial charge in [-0.2, -0.15) is 0 Å². The van der Waals surface area contributed by atoms with E-state index in [1.165, 1.54) is 11.3 Å². The van der Waals surface area contributed by atoms with E-state index in [-0.39, 0.29) is 24.4 Å². The van der Waals surface area contributed by atoms with Gasteiger partial charge in [0.05, 0.1) is 0 Å². The lowest BCUT2D eigenvalue weighted by Gasteiger charge is -2.26. The highest BCUT2D eigenvalue weighted by molar-refractivity contribution is 9.10. The highest BCUT2D eigenvalue weighted by Crippen LogP contribution is 2.17. The van der Waals surface area contributed by atoms with Crippen LogP contribution in [0.4, 0.5) is 5.13 Å². The van der Waals surface area contributed by atoms with Crippen LogP contribution in [0.1, 0.15) is 29.1 Å². The lowest BCUT2D eigenvalue weighted by molar-refractivity contribution is -0.117. The Morgan fingerprint density at radius 1 is 1.30 bits per heavy atom. The Labute approximate surface area is 147 Å². The molecule has 0 spiro atoms. The summed E-state index contributed by atoms with van der Waals surface area (Å²) in [6.07, 6.45) is 1.70. The molecule has 2 aromatic rings. The zero-order valence-corrected chi connectivity index (χ0v) is 15.6. The standard InChI is InChI=1S/C16H18BrN3O2S/c1-10(2)20(15(22)12-4-6-13(17)7-5-12)9-14(21)19-16-18-8-11(3)23-16/h4-8,10H,9H2,1-3H3,(H,18,19,21). The molecule has 2 rings (SSSR count). The van der Waals surface area contributed by atoms with E-state index in [1.54, 1.807) is 23.2 Å². The van der Waals surface area contributed by atoms with E-state index >= 15 is 0 Å². The molecule has 0 fully saturated rings. The Morgan fingerprint density at radius 2 is 1.96 bits per heavy atom. The van der Waals surface area contributed by atoms with Gasteiger partial charge in [-0.1, -0.05) is 15.9 Å². The number of halogens is 1. The maximum absolute atomic E-state index is 12.6. The van der Waals surface area contributed by atoms with Crippen molar-refractivity contribution in [3.8, 4) is 0 Å². The number of carbonyl (C=O) groups excluding carboxylic acids is 2. The summed E-state index contributed by atoms with van der Waals surface area (Å²) in [5, 5.41) is 3.28. The fourth-order valence-electron chi connectivity index (χ4n) is 1.97. The molecule has 0 atom stereocenters. The molecule has 1 aromatic heterocycles. The van der Waals surface area contributed by atoms with Crippen molar-refractivity contribution in [1.82, 2.24) is 9.88 Å². The van der Waals surface area contributed by atoms with Crippen molar-refractivity contribution in [1.29, 1.82) is 0 Å². The molecule has 0 saturated heterocycles. The molecular weight excluding hydrogens is 378 g/mol. The maximum Gasteiger partial charge on any atom is 0.254 e. The topological polar surface area (TPSA) is 62.3 Å². The van der Waals surface area contributed by atoms with Crippen LogP contribution in [-0.4, -0.2) is 34.3 Å². The molecule has 1 heterocycles. The first-order chi connectivity index (χ1) is 10.9. The average Bonchev–Trinajstić information content (AvgIpc) is 2.89. The van der Waals surface area contributed by atoms with Gasteiger partial charge in [0.25, 0.3) is 5.91 Å². The number of nitrogens with zero attached hydrogens (tertiary/aromatic N) is 2. The minimum Gasteiger partial charge on any atom is -0.327 e. The van der Waals surface area contributed by atoms with Gasteiger partial charge in [0.15, 0.2) is 5.13 Å². The Balaban J connectivity index is 2.07. The van der Waals surface area contributed by atoms with Crippen LogP contribution in [0.5, 0.6) is 0 Å². The van der Waals surface area contributed by atoms with Gasteiger partial charge in [-0.15, -0.1) is 11.3 Å². The molecule has 0 bridgehead atoms. The third-order valence-electron chi connectivity index (χ3n) is 3.16. The number of hydrogen-bond donors (Lipinski definition) is 1. The number of benzene rings is 1. The first-order valence-electron chi connectivity index (χ1n) is 7.15. The van der Waals surface area contributed by atoms with Gasteiger partial charge in [0, 0.05) is 27.2 Å². The van der Waals surface area contributed by atoms with E-state index < -0.39 is 0 Å². The van der Waals surface area contributed by atoms with E-state index in [1.807, 2.05) is 32.9 Å². The summed E-state index contributed by atoms with van der Waals surface area (Å²) < 4.78 is 0.905. The fourth-order valence-corrected chi connectivity index (χ4v) is 2.92. The highest BCUT2D eigenvalue weighted by Gasteiger charge is 2.22. The molecule has 0 unspecified atom stereocenters. The van der Waals surface area contributed by atoms with Gasteiger partial charge in [-0.25, -0.2) is 4.98 Å². The van der Waals surface area contributed by atoms with E-state index in [9.17, 15) is 9.59 Å². The summed E-state index contributed by atoms with van der Waals surface area (Å²) in [6, 6.07) is 7.01.